The van der Waals surface area contributed by atoms with Gasteiger partial charge in [-0.25, -0.2) is 13.2 Å². The molecule has 24 heavy (non-hydrogen) atoms. The van der Waals surface area contributed by atoms with Crippen LogP contribution < -0.4 is 4.72 Å². The van der Waals surface area contributed by atoms with Crippen molar-refractivity contribution in [3.63, 3.8) is 0 Å². The molecule has 1 aromatic carbocycles. The van der Waals surface area contributed by atoms with E-state index in [2.05, 4.69) is 26.2 Å². The molecule has 2 aromatic rings. The van der Waals surface area contributed by atoms with Crippen LogP contribution in [0, 0.1) is 0 Å². The first-order chi connectivity index (χ1) is 11.4. The number of nitrogens with one attached hydrogen (secondary N) is 1. The van der Waals surface area contributed by atoms with Gasteiger partial charge in [-0.2, -0.15) is 0 Å². The van der Waals surface area contributed by atoms with Crippen molar-refractivity contribution in [3.8, 4) is 0 Å². The van der Waals surface area contributed by atoms with Gasteiger partial charge in [0, 0.05) is 5.75 Å². The molecular formula is C13H12ClN3O4S3. The summed E-state index contributed by atoms with van der Waals surface area (Å²) in [6.07, 6.45) is 1.70. The van der Waals surface area contributed by atoms with Crippen LogP contribution >= 0.6 is 34.7 Å². The minimum absolute atomic E-state index is 0.0269. The maximum absolute atomic E-state index is 12.5. The van der Waals surface area contributed by atoms with Crippen LogP contribution in [-0.2, 0) is 14.8 Å². The quantitative estimate of drug-likeness (QED) is 0.429. The third-order valence-electron chi connectivity index (χ3n) is 2.59. The van der Waals surface area contributed by atoms with Crippen LogP contribution in [0.4, 0.5) is 5.13 Å². The first-order valence-corrected chi connectivity index (χ1v) is 10.0. The van der Waals surface area contributed by atoms with Crippen molar-refractivity contribution in [2.24, 2.45) is 0 Å². The Hall–Kier alpha value is -1.62. The first-order valence-electron chi connectivity index (χ1n) is 6.35. The summed E-state index contributed by atoms with van der Waals surface area (Å²) in [5.41, 5.74) is 0.0711. The second-order valence-corrected chi connectivity index (χ2v) is 8.52. The molecule has 0 aliphatic rings. The molecule has 0 bridgehead atoms. The van der Waals surface area contributed by atoms with E-state index in [0.717, 1.165) is 17.4 Å². The Labute approximate surface area is 152 Å². The van der Waals surface area contributed by atoms with E-state index in [0.29, 0.717) is 10.1 Å². The number of thioether (sulfide) groups is 1. The van der Waals surface area contributed by atoms with Gasteiger partial charge >= 0.3 is 5.97 Å². The molecule has 0 spiro atoms. The van der Waals surface area contributed by atoms with E-state index in [-0.39, 0.29) is 20.6 Å². The third kappa shape index (κ3) is 4.47. The zero-order valence-electron chi connectivity index (χ0n) is 12.4. The number of hydrogen-bond acceptors (Lipinski definition) is 8. The Morgan fingerprint density at radius 1 is 1.50 bits per heavy atom. The highest BCUT2D eigenvalue weighted by Crippen LogP contribution is 2.29. The van der Waals surface area contributed by atoms with Crippen molar-refractivity contribution in [1.82, 2.24) is 10.2 Å². The number of anilines is 1. The minimum Gasteiger partial charge on any atom is -0.465 e. The Kier molecular flexibility index (Phi) is 6.21. The van der Waals surface area contributed by atoms with E-state index in [4.69, 9.17) is 11.6 Å². The van der Waals surface area contributed by atoms with Crippen LogP contribution in [-0.4, -0.2) is 37.4 Å². The minimum atomic E-state index is -4.03. The lowest BCUT2D eigenvalue weighted by Gasteiger charge is -2.08. The number of nitrogens with zero attached hydrogens (tertiary/aromatic N) is 2. The predicted molar refractivity (Wildman–Crippen MR) is 94.4 cm³/mol. The normalized spacial score (nSPS) is 11.1. The molecule has 0 saturated carbocycles. The van der Waals surface area contributed by atoms with Crippen LogP contribution in [0.15, 0.2) is 40.1 Å². The van der Waals surface area contributed by atoms with Crippen molar-refractivity contribution >= 4 is 55.8 Å². The van der Waals surface area contributed by atoms with E-state index in [1.807, 2.05) is 0 Å². The molecule has 7 nitrogen and oxygen atoms in total. The van der Waals surface area contributed by atoms with Gasteiger partial charge < -0.3 is 4.74 Å². The van der Waals surface area contributed by atoms with Crippen molar-refractivity contribution in [3.05, 3.63) is 41.4 Å². The van der Waals surface area contributed by atoms with Gasteiger partial charge in [-0.1, -0.05) is 40.8 Å². The summed E-state index contributed by atoms with van der Waals surface area (Å²) in [4.78, 5) is 11.3. The third-order valence-corrected chi connectivity index (χ3v) is 6.51. The molecule has 1 N–H and O–H groups in total. The fraction of sp³-hybridized carbons (Fsp3) is 0.154. The number of aromatic nitrogens is 2. The average molecular weight is 406 g/mol. The van der Waals surface area contributed by atoms with Crippen molar-refractivity contribution in [2.45, 2.75) is 9.24 Å². The summed E-state index contributed by atoms with van der Waals surface area (Å²) >= 11 is 8.41. The lowest BCUT2D eigenvalue weighted by molar-refractivity contribution is 0.0600. The maximum atomic E-state index is 12.5. The number of carbonyl (C=O) groups is 1. The van der Waals surface area contributed by atoms with Crippen molar-refractivity contribution in [2.75, 3.05) is 17.6 Å². The SMILES string of the molecule is C=CCSc1nnc(NS(=O)(=O)c2cc(C(=O)OC)ccc2Cl)s1. The Balaban J connectivity index is 2.28. The van der Waals surface area contributed by atoms with Crippen LogP contribution in [0.2, 0.25) is 5.02 Å². The molecule has 0 unspecified atom stereocenters. The van der Waals surface area contributed by atoms with Gasteiger partial charge in [0.1, 0.15) is 4.90 Å². The number of rotatable bonds is 7. The number of halogens is 1. The molecular weight excluding hydrogens is 394 g/mol. The largest absolute Gasteiger partial charge is 0.465 e. The van der Waals surface area contributed by atoms with E-state index in [1.165, 1.54) is 31.0 Å². The van der Waals surface area contributed by atoms with E-state index < -0.39 is 16.0 Å². The Morgan fingerprint density at radius 2 is 2.25 bits per heavy atom. The fourth-order valence-corrected chi connectivity index (χ4v) is 4.83. The summed E-state index contributed by atoms with van der Waals surface area (Å²) in [5.74, 6) is -0.0314. The van der Waals surface area contributed by atoms with Gasteiger partial charge in [-0.05, 0) is 18.2 Å². The molecule has 11 heteroatoms. The lowest BCUT2D eigenvalue weighted by atomic mass is 10.2. The molecule has 0 aliphatic carbocycles. The molecule has 0 atom stereocenters. The number of sulfonamides is 1. The van der Waals surface area contributed by atoms with Crippen LogP contribution in [0.25, 0.3) is 0 Å². The second-order valence-electron chi connectivity index (χ2n) is 4.22. The molecule has 0 amide bonds. The fourth-order valence-electron chi connectivity index (χ4n) is 1.56. The first kappa shape index (κ1) is 18.7. The number of ether oxygens (including phenoxy) is 1. The number of esters is 1. The lowest BCUT2D eigenvalue weighted by Crippen LogP contribution is -2.14. The van der Waals surface area contributed by atoms with E-state index in [1.54, 1.807) is 6.08 Å². The van der Waals surface area contributed by atoms with Gasteiger partial charge in [0.25, 0.3) is 10.0 Å². The van der Waals surface area contributed by atoms with Gasteiger partial charge in [0.05, 0.1) is 17.7 Å². The molecule has 0 fully saturated rings. The topological polar surface area (TPSA) is 98.3 Å². The Morgan fingerprint density at radius 3 is 2.92 bits per heavy atom. The molecule has 1 aromatic heterocycles. The average Bonchev–Trinajstić information content (AvgIpc) is 2.99. The summed E-state index contributed by atoms with van der Waals surface area (Å²) in [6, 6.07) is 3.83. The zero-order chi connectivity index (χ0) is 17.7. The predicted octanol–water partition coefficient (Wildman–Crippen LogP) is 3.06. The number of carbonyl (C=O) groups excluding carboxylic acids is 1. The molecule has 0 saturated heterocycles. The smallest absolute Gasteiger partial charge is 0.337 e. The number of benzene rings is 1. The summed E-state index contributed by atoms with van der Waals surface area (Å²) in [6.45, 7) is 3.59. The van der Waals surface area contributed by atoms with Gasteiger partial charge in [-0.15, -0.1) is 16.8 Å². The Bertz CT molecular complexity index is 867. The number of hydrogen-bond donors (Lipinski definition) is 1. The number of methoxy groups -OCH3 is 1. The van der Waals surface area contributed by atoms with E-state index >= 15 is 0 Å². The molecule has 128 valence electrons. The van der Waals surface area contributed by atoms with Gasteiger partial charge in [0.15, 0.2) is 4.34 Å². The standard InChI is InChI=1S/C13H12ClN3O4S3/c1-3-6-22-13-16-15-12(23-13)17-24(19,20)10-7-8(11(18)21-2)4-5-9(10)14/h3-5,7H,1,6H2,2H3,(H,15,17). The van der Waals surface area contributed by atoms with Crippen LogP contribution in [0.3, 0.4) is 0 Å². The zero-order valence-corrected chi connectivity index (χ0v) is 15.6. The second kappa shape index (κ2) is 7.97. The van der Waals surface area contributed by atoms with Crippen LogP contribution in [0.1, 0.15) is 10.4 Å². The highest BCUT2D eigenvalue weighted by atomic mass is 35.5. The van der Waals surface area contributed by atoms with Crippen LogP contribution in [0.5, 0.6) is 0 Å². The van der Waals surface area contributed by atoms with Gasteiger partial charge in [0.2, 0.25) is 5.13 Å². The van der Waals surface area contributed by atoms with Crippen molar-refractivity contribution < 1.29 is 17.9 Å². The molecule has 2 rings (SSSR count). The highest BCUT2D eigenvalue weighted by Gasteiger charge is 2.22. The van der Waals surface area contributed by atoms with Crippen molar-refractivity contribution in [1.29, 1.82) is 0 Å². The summed E-state index contributed by atoms with van der Waals surface area (Å²) in [5, 5.41) is 7.71. The molecule has 0 radical (unpaired) electrons. The summed E-state index contributed by atoms with van der Waals surface area (Å²) < 4.78 is 32.4. The van der Waals surface area contributed by atoms with E-state index in [9.17, 15) is 13.2 Å². The highest BCUT2D eigenvalue weighted by molar-refractivity contribution is 8.01. The van der Waals surface area contributed by atoms with Gasteiger partial charge in [-0.3, -0.25) is 4.72 Å². The summed E-state index contributed by atoms with van der Waals surface area (Å²) in [7, 11) is -2.83. The monoisotopic (exact) mass is 405 g/mol. The molecule has 0 aliphatic heterocycles. The molecule has 1 heterocycles. The maximum Gasteiger partial charge on any atom is 0.337 e.